The summed E-state index contributed by atoms with van der Waals surface area (Å²) in [6, 6.07) is 7.27. The minimum Gasteiger partial charge on any atom is -0.455 e. The zero-order valence-corrected chi connectivity index (χ0v) is 15.0. The first-order valence-corrected chi connectivity index (χ1v) is 8.25. The van der Waals surface area contributed by atoms with Gasteiger partial charge in [-0.15, -0.1) is 0 Å². The second-order valence-electron chi connectivity index (χ2n) is 5.80. The zero-order valence-electron chi connectivity index (χ0n) is 13.4. The topological polar surface area (TPSA) is 83.2 Å². The number of halogens is 1. The number of esters is 1. The maximum atomic E-state index is 12.8. The Labute approximate surface area is 149 Å². The summed E-state index contributed by atoms with van der Waals surface area (Å²) < 4.78 is 8.24. The maximum Gasteiger partial charge on any atom is 0.341 e. The van der Waals surface area contributed by atoms with Gasteiger partial charge in [0.05, 0.1) is 16.6 Å². The third-order valence-electron chi connectivity index (χ3n) is 4.32. The number of hydrogen-bond donors (Lipinski definition) is 0. The van der Waals surface area contributed by atoms with Gasteiger partial charge in [-0.3, -0.25) is 13.9 Å². The van der Waals surface area contributed by atoms with Gasteiger partial charge >= 0.3 is 11.7 Å². The predicted molar refractivity (Wildman–Crippen MR) is 94.5 cm³/mol. The summed E-state index contributed by atoms with van der Waals surface area (Å²) in [5.74, 6) is -0.518. The fraction of sp³-hybridized carbons (Fsp3) is 0.176. The average molecular weight is 402 g/mol. The highest BCUT2D eigenvalue weighted by Gasteiger charge is 2.31. The summed E-state index contributed by atoms with van der Waals surface area (Å²) in [6.45, 7) is 0.0223. The van der Waals surface area contributed by atoms with Gasteiger partial charge in [-0.2, -0.15) is 0 Å². The van der Waals surface area contributed by atoms with Crippen LogP contribution in [-0.4, -0.2) is 20.1 Å². The van der Waals surface area contributed by atoms with Gasteiger partial charge in [-0.05, 0) is 17.7 Å². The van der Waals surface area contributed by atoms with E-state index in [1.807, 2.05) is 18.2 Å². The number of cyclic esters (lactones) is 1. The van der Waals surface area contributed by atoms with Gasteiger partial charge in [0.15, 0.2) is 0 Å². The normalized spacial score (nSPS) is 13.2. The largest absolute Gasteiger partial charge is 0.455 e. The monoisotopic (exact) mass is 401 g/mol. The minimum atomic E-state index is -0.518. The highest BCUT2D eigenvalue weighted by atomic mass is 79.9. The lowest BCUT2D eigenvalue weighted by atomic mass is 9.96. The van der Waals surface area contributed by atoms with Crippen LogP contribution in [0.25, 0.3) is 22.2 Å². The van der Waals surface area contributed by atoms with Crippen molar-refractivity contribution < 1.29 is 9.53 Å². The van der Waals surface area contributed by atoms with E-state index in [9.17, 15) is 14.4 Å². The van der Waals surface area contributed by atoms with Crippen molar-refractivity contribution in [3.05, 3.63) is 60.8 Å². The number of rotatable bonds is 1. The van der Waals surface area contributed by atoms with Crippen molar-refractivity contribution in [3.63, 3.8) is 0 Å². The third-order valence-corrected chi connectivity index (χ3v) is 4.81. The van der Waals surface area contributed by atoms with Crippen molar-refractivity contribution in [1.29, 1.82) is 0 Å². The Morgan fingerprint density at radius 1 is 1.12 bits per heavy atom. The molecule has 0 saturated carbocycles. The molecule has 1 aliphatic heterocycles. The van der Waals surface area contributed by atoms with Crippen molar-refractivity contribution in [2.75, 3.05) is 0 Å². The highest BCUT2D eigenvalue weighted by molar-refractivity contribution is 9.10. The molecule has 0 spiro atoms. The van der Waals surface area contributed by atoms with Gasteiger partial charge in [-0.25, -0.2) is 14.6 Å². The van der Waals surface area contributed by atoms with Crippen LogP contribution in [0.2, 0.25) is 0 Å². The number of hydrogen-bond acceptors (Lipinski definition) is 5. The van der Waals surface area contributed by atoms with E-state index in [-0.39, 0.29) is 23.2 Å². The molecule has 0 unspecified atom stereocenters. The van der Waals surface area contributed by atoms with Gasteiger partial charge in [0.25, 0.3) is 5.56 Å². The molecule has 0 N–H and O–H groups in total. The number of fused-ring (bicyclic) bond motifs is 2. The molecule has 0 atom stereocenters. The van der Waals surface area contributed by atoms with Gasteiger partial charge in [0.1, 0.15) is 12.3 Å². The molecule has 1 aromatic carbocycles. The van der Waals surface area contributed by atoms with Crippen LogP contribution >= 0.6 is 15.9 Å². The summed E-state index contributed by atoms with van der Waals surface area (Å²) in [5, 5.41) is 0.223. The number of pyridine rings is 1. The summed E-state index contributed by atoms with van der Waals surface area (Å²) in [5.41, 5.74) is 1.09. The first-order valence-electron chi connectivity index (χ1n) is 7.46. The van der Waals surface area contributed by atoms with E-state index in [1.165, 1.54) is 11.6 Å². The molecule has 7 nitrogen and oxygen atoms in total. The Hall–Kier alpha value is -2.74. The lowest BCUT2D eigenvalue weighted by Gasteiger charge is -2.13. The Balaban J connectivity index is 2.31. The number of ether oxygens (including phenoxy) is 1. The molecular formula is C17H12BrN3O4. The molecule has 0 radical (unpaired) electrons. The van der Waals surface area contributed by atoms with Gasteiger partial charge < -0.3 is 4.74 Å². The summed E-state index contributed by atoms with van der Waals surface area (Å²) in [4.78, 5) is 41.7. The summed E-state index contributed by atoms with van der Waals surface area (Å²) in [7, 11) is 2.95. The number of carbonyl (C=O) groups is 1. The Bertz CT molecular complexity index is 1190. The van der Waals surface area contributed by atoms with Crippen LogP contribution in [0, 0.1) is 0 Å². The standard InChI is InChI=1S/C17H12BrN3O4/c1-20-14-13(15(22)21(2)17(20)24)11(8-4-3-5-9(18)6-8)12-10(19-14)7-25-16(12)23/h3-6H,7H2,1-2H3. The Morgan fingerprint density at radius 3 is 2.60 bits per heavy atom. The quantitative estimate of drug-likeness (QED) is 0.579. The molecule has 0 amide bonds. The van der Waals surface area contributed by atoms with Crippen LogP contribution in [0.1, 0.15) is 16.1 Å². The third kappa shape index (κ3) is 2.17. The molecule has 3 aromatic rings. The summed E-state index contributed by atoms with van der Waals surface area (Å²) in [6.07, 6.45) is 0. The first-order chi connectivity index (χ1) is 11.9. The van der Waals surface area contributed by atoms with Crippen LogP contribution in [0.4, 0.5) is 0 Å². The maximum absolute atomic E-state index is 12.8. The molecule has 2 aromatic heterocycles. The van der Waals surface area contributed by atoms with Crippen molar-refractivity contribution in [1.82, 2.24) is 14.1 Å². The van der Waals surface area contributed by atoms with Crippen LogP contribution < -0.4 is 11.2 Å². The van der Waals surface area contributed by atoms with Crippen LogP contribution in [0.5, 0.6) is 0 Å². The SMILES string of the molecule is Cn1c(=O)c2c(-c3cccc(Br)c3)c3c(nc2n(C)c1=O)COC3=O. The fourth-order valence-corrected chi connectivity index (χ4v) is 3.50. The molecule has 0 aliphatic carbocycles. The van der Waals surface area contributed by atoms with E-state index in [4.69, 9.17) is 4.74 Å². The summed E-state index contributed by atoms with van der Waals surface area (Å²) >= 11 is 3.41. The van der Waals surface area contributed by atoms with E-state index >= 15 is 0 Å². The second kappa shape index (κ2) is 5.38. The van der Waals surface area contributed by atoms with Gasteiger partial charge in [0.2, 0.25) is 0 Å². The van der Waals surface area contributed by atoms with Crippen molar-refractivity contribution in [2.24, 2.45) is 14.1 Å². The molecule has 1 aliphatic rings. The smallest absolute Gasteiger partial charge is 0.341 e. The van der Waals surface area contributed by atoms with E-state index in [1.54, 1.807) is 13.1 Å². The van der Waals surface area contributed by atoms with E-state index in [0.717, 1.165) is 9.04 Å². The van der Waals surface area contributed by atoms with Crippen molar-refractivity contribution in [3.8, 4) is 11.1 Å². The average Bonchev–Trinajstić information content (AvgIpc) is 2.97. The first kappa shape index (κ1) is 15.8. The number of aromatic nitrogens is 3. The lowest BCUT2D eigenvalue weighted by Crippen LogP contribution is -2.37. The minimum absolute atomic E-state index is 0.0223. The Kier molecular flexibility index (Phi) is 3.40. The van der Waals surface area contributed by atoms with Crippen molar-refractivity contribution >= 4 is 32.9 Å². The lowest BCUT2D eigenvalue weighted by molar-refractivity contribution is 0.0534. The molecule has 4 rings (SSSR count). The van der Waals surface area contributed by atoms with E-state index in [0.29, 0.717) is 16.8 Å². The molecule has 0 fully saturated rings. The fourth-order valence-electron chi connectivity index (χ4n) is 3.10. The molecule has 3 heterocycles. The van der Waals surface area contributed by atoms with Crippen LogP contribution in [0.15, 0.2) is 38.3 Å². The van der Waals surface area contributed by atoms with E-state index < -0.39 is 17.2 Å². The molecule has 0 bridgehead atoms. The Morgan fingerprint density at radius 2 is 1.88 bits per heavy atom. The number of carbonyl (C=O) groups excluding carboxylic acids is 1. The zero-order chi connectivity index (χ0) is 17.9. The van der Waals surface area contributed by atoms with Gasteiger partial charge in [-0.1, -0.05) is 28.1 Å². The molecule has 126 valence electrons. The second-order valence-corrected chi connectivity index (χ2v) is 6.72. The van der Waals surface area contributed by atoms with Crippen LogP contribution in [-0.2, 0) is 25.4 Å². The van der Waals surface area contributed by atoms with Gasteiger partial charge in [0, 0.05) is 24.1 Å². The highest BCUT2D eigenvalue weighted by Crippen LogP contribution is 2.35. The van der Waals surface area contributed by atoms with Crippen molar-refractivity contribution in [2.45, 2.75) is 6.61 Å². The molecule has 8 heteroatoms. The van der Waals surface area contributed by atoms with E-state index in [2.05, 4.69) is 20.9 Å². The molecule has 0 saturated heterocycles. The molecular weight excluding hydrogens is 390 g/mol. The number of nitrogens with zero attached hydrogens (tertiary/aromatic N) is 3. The number of aryl methyl sites for hydroxylation is 1. The molecule has 25 heavy (non-hydrogen) atoms. The number of benzene rings is 1. The predicted octanol–water partition coefficient (Wildman–Crippen LogP) is 1.73. The van der Waals surface area contributed by atoms with Crippen LogP contribution in [0.3, 0.4) is 0 Å².